The van der Waals surface area contributed by atoms with Gasteiger partial charge >= 0.3 is 0 Å². The third-order valence-corrected chi connectivity index (χ3v) is 4.51. The number of aromatic nitrogens is 1. The standard InChI is InChI=1S/C23H24N2O2/c1-17(2)27-21-15-14-20(16-24-21)25-22(26)23(3,18-10-6-4-7-11-18)19-12-8-5-9-13-19/h4-17H,1-3H3,(H,25,26). The zero-order valence-electron chi connectivity index (χ0n) is 15.8. The highest BCUT2D eigenvalue weighted by molar-refractivity contribution is 6.01. The monoisotopic (exact) mass is 360 g/mol. The van der Waals surface area contributed by atoms with Gasteiger partial charge in [0.1, 0.15) is 0 Å². The number of pyridine rings is 1. The molecule has 0 spiro atoms. The number of hydrogen-bond acceptors (Lipinski definition) is 3. The summed E-state index contributed by atoms with van der Waals surface area (Å²) in [6, 6.07) is 23.2. The molecule has 1 N–H and O–H groups in total. The summed E-state index contributed by atoms with van der Waals surface area (Å²) in [6.07, 6.45) is 1.67. The second-order valence-electron chi connectivity index (χ2n) is 6.86. The molecule has 3 aromatic rings. The van der Waals surface area contributed by atoms with E-state index >= 15 is 0 Å². The summed E-state index contributed by atoms with van der Waals surface area (Å²) in [5, 5.41) is 3.00. The molecule has 138 valence electrons. The first-order valence-electron chi connectivity index (χ1n) is 9.05. The van der Waals surface area contributed by atoms with Gasteiger partial charge in [-0.1, -0.05) is 60.7 Å². The van der Waals surface area contributed by atoms with Gasteiger partial charge in [0.2, 0.25) is 11.8 Å². The van der Waals surface area contributed by atoms with Crippen molar-refractivity contribution in [3.05, 3.63) is 90.1 Å². The van der Waals surface area contributed by atoms with Crippen molar-refractivity contribution in [1.82, 2.24) is 4.98 Å². The quantitative estimate of drug-likeness (QED) is 0.686. The summed E-state index contributed by atoms with van der Waals surface area (Å²) < 4.78 is 5.56. The van der Waals surface area contributed by atoms with Crippen LogP contribution in [0.15, 0.2) is 79.0 Å². The van der Waals surface area contributed by atoms with E-state index in [-0.39, 0.29) is 12.0 Å². The average Bonchev–Trinajstić information content (AvgIpc) is 2.69. The van der Waals surface area contributed by atoms with Crippen molar-refractivity contribution in [2.75, 3.05) is 5.32 Å². The first-order chi connectivity index (χ1) is 13.0. The Morgan fingerprint density at radius 1 is 0.926 bits per heavy atom. The summed E-state index contributed by atoms with van der Waals surface area (Å²) >= 11 is 0. The maximum atomic E-state index is 13.3. The van der Waals surface area contributed by atoms with Crippen LogP contribution in [-0.2, 0) is 10.2 Å². The Morgan fingerprint density at radius 2 is 1.48 bits per heavy atom. The lowest BCUT2D eigenvalue weighted by Crippen LogP contribution is -2.38. The number of rotatable bonds is 6. The Bertz CT molecular complexity index is 836. The molecule has 0 saturated heterocycles. The van der Waals surface area contributed by atoms with Gasteiger partial charge in [0.25, 0.3) is 0 Å². The van der Waals surface area contributed by atoms with E-state index in [2.05, 4.69) is 10.3 Å². The summed E-state index contributed by atoms with van der Waals surface area (Å²) in [4.78, 5) is 17.6. The van der Waals surface area contributed by atoms with E-state index in [1.165, 1.54) is 0 Å². The van der Waals surface area contributed by atoms with E-state index in [1.807, 2.05) is 81.4 Å². The van der Waals surface area contributed by atoms with E-state index < -0.39 is 5.41 Å². The molecule has 0 fully saturated rings. The SMILES string of the molecule is CC(C)Oc1ccc(NC(=O)C(C)(c2ccccc2)c2ccccc2)cn1. The first kappa shape index (κ1) is 18.6. The minimum Gasteiger partial charge on any atom is -0.475 e. The zero-order chi connectivity index (χ0) is 19.3. The summed E-state index contributed by atoms with van der Waals surface area (Å²) in [7, 11) is 0. The number of nitrogens with one attached hydrogen (secondary N) is 1. The highest BCUT2D eigenvalue weighted by Crippen LogP contribution is 2.33. The van der Waals surface area contributed by atoms with Crippen molar-refractivity contribution in [3.63, 3.8) is 0 Å². The van der Waals surface area contributed by atoms with Crippen LogP contribution >= 0.6 is 0 Å². The second-order valence-corrected chi connectivity index (χ2v) is 6.86. The lowest BCUT2D eigenvalue weighted by Gasteiger charge is -2.29. The van der Waals surface area contributed by atoms with Gasteiger partial charge in [0.05, 0.1) is 23.4 Å². The molecule has 0 unspecified atom stereocenters. The van der Waals surface area contributed by atoms with Crippen LogP contribution in [0.2, 0.25) is 0 Å². The fourth-order valence-corrected chi connectivity index (χ4v) is 2.99. The van der Waals surface area contributed by atoms with Crippen LogP contribution in [0.1, 0.15) is 31.9 Å². The zero-order valence-corrected chi connectivity index (χ0v) is 15.8. The predicted molar refractivity (Wildman–Crippen MR) is 108 cm³/mol. The summed E-state index contributed by atoms with van der Waals surface area (Å²) in [6.45, 7) is 5.84. The highest BCUT2D eigenvalue weighted by Gasteiger charge is 2.37. The molecular weight excluding hydrogens is 336 g/mol. The second kappa shape index (κ2) is 8.04. The molecule has 0 saturated carbocycles. The molecule has 0 aliphatic carbocycles. The minimum absolute atomic E-state index is 0.0531. The van der Waals surface area contributed by atoms with Crippen LogP contribution in [0.25, 0.3) is 0 Å². The van der Waals surface area contributed by atoms with Crippen molar-refractivity contribution < 1.29 is 9.53 Å². The molecule has 0 bridgehead atoms. The molecule has 0 aliphatic heterocycles. The number of ether oxygens (including phenoxy) is 1. The van der Waals surface area contributed by atoms with Gasteiger partial charge < -0.3 is 10.1 Å². The Kier molecular flexibility index (Phi) is 5.55. The number of anilines is 1. The fourth-order valence-electron chi connectivity index (χ4n) is 2.99. The molecule has 0 aliphatic rings. The van der Waals surface area contributed by atoms with E-state index in [4.69, 9.17) is 4.74 Å². The van der Waals surface area contributed by atoms with Gasteiger partial charge in [-0.2, -0.15) is 0 Å². The van der Waals surface area contributed by atoms with Gasteiger partial charge in [0, 0.05) is 6.07 Å². The third kappa shape index (κ3) is 4.17. The van der Waals surface area contributed by atoms with Gasteiger partial charge in [-0.15, -0.1) is 0 Å². The highest BCUT2D eigenvalue weighted by atomic mass is 16.5. The Labute approximate surface area is 160 Å². The van der Waals surface area contributed by atoms with Gasteiger partial charge in [-0.25, -0.2) is 4.98 Å². The van der Waals surface area contributed by atoms with Crippen molar-refractivity contribution >= 4 is 11.6 Å². The van der Waals surface area contributed by atoms with Crippen molar-refractivity contribution in [3.8, 4) is 5.88 Å². The molecule has 1 heterocycles. The van der Waals surface area contributed by atoms with E-state index in [0.29, 0.717) is 11.6 Å². The molecule has 4 nitrogen and oxygen atoms in total. The molecule has 0 atom stereocenters. The molecule has 4 heteroatoms. The van der Waals surface area contributed by atoms with Gasteiger partial charge in [0.15, 0.2) is 0 Å². The normalized spacial score (nSPS) is 11.3. The topological polar surface area (TPSA) is 51.2 Å². The Hall–Kier alpha value is -3.14. The summed E-state index contributed by atoms with van der Waals surface area (Å²) in [5.74, 6) is 0.427. The van der Waals surface area contributed by atoms with Gasteiger partial charge in [-0.05, 0) is 38.0 Å². The first-order valence-corrected chi connectivity index (χ1v) is 9.05. The molecule has 2 aromatic carbocycles. The molecular formula is C23H24N2O2. The number of carbonyl (C=O) groups is 1. The molecule has 1 amide bonds. The largest absolute Gasteiger partial charge is 0.475 e. The lowest BCUT2D eigenvalue weighted by molar-refractivity contribution is -0.119. The van der Waals surface area contributed by atoms with Crippen molar-refractivity contribution in [2.45, 2.75) is 32.3 Å². The van der Waals surface area contributed by atoms with Crippen LogP contribution in [0.4, 0.5) is 5.69 Å². The smallest absolute Gasteiger partial charge is 0.239 e. The van der Waals surface area contributed by atoms with Crippen molar-refractivity contribution in [1.29, 1.82) is 0 Å². The van der Waals surface area contributed by atoms with Crippen LogP contribution < -0.4 is 10.1 Å². The maximum Gasteiger partial charge on any atom is 0.239 e. The summed E-state index contributed by atoms with van der Waals surface area (Å²) in [5.41, 5.74) is 1.67. The number of hydrogen-bond donors (Lipinski definition) is 1. The van der Waals surface area contributed by atoms with E-state index in [9.17, 15) is 4.79 Å². The molecule has 0 radical (unpaired) electrons. The minimum atomic E-state index is -0.824. The van der Waals surface area contributed by atoms with Crippen LogP contribution in [0.5, 0.6) is 5.88 Å². The van der Waals surface area contributed by atoms with Crippen LogP contribution in [0.3, 0.4) is 0 Å². The molecule has 3 rings (SSSR count). The van der Waals surface area contributed by atoms with Gasteiger partial charge in [-0.3, -0.25) is 4.79 Å². The fraction of sp³-hybridized carbons (Fsp3) is 0.217. The van der Waals surface area contributed by atoms with Crippen LogP contribution in [-0.4, -0.2) is 17.0 Å². The number of carbonyl (C=O) groups excluding carboxylic acids is 1. The molecule has 1 aromatic heterocycles. The Morgan fingerprint density at radius 3 is 1.93 bits per heavy atom. The van der Waals surface area contributed by atoms with E-state index in [0.717, 1.165) is 11.1 Å². The predicted octanol–water partition coefficient (Wildman–Crippen LogP) is 4.81. The Balaban J connectivity index is 1.90. The number of benzene rings is 2. The number of amides is 1. The third-order valence-electron chi connectivity index (χ3n) is 4.51. The maximum absolute atomic E-state index is 13.3. The van der Waals surface area contributed by atoms with Crippen molar-refractivity contribution in [2.24, 2.45) is 0 Å². The molecule has 27 heavy (non-hydrogen) atoms. The average molecular weight is 360 g/mol. The van der Waals surface area contributed by atoms with Crippen LogP contribution in [0, 0.1) is 0 Å². The lowest BCUT2D eigenvalue weighted by atomic mass is 9.75. The van der Waals surface area contributed by atoms with E-state index in [1.54, 1.807) is 18.3 Å². The number of nitrogens with zero attached hydrogens (tertiary/aromatic N) is 1.